The minimum absolute atomic E-state index is 0.00650. The number of likely N-dealkylation sites (N-methyl/N-ethyl adjacent to an activating group) is 1. The summed E-state index contributed by atoms with van der Waals surface area (Å²) in [5.41, 5.74) is 3.48. The number of hydrogen-bond donors (Lipinski definition) is 1. The first kappa shape index (κ1) is 22.9. The lowest BCUT2D eigenvalue weighted by Gasteiger charge is -2.35. The first-order valence-electron chi connectivity index (χ1n) is 10.6. The van der Waals surface area contributed by atoms with Gasteiger partial charge in [0.2, 0.25) is 11.8 Å². The minimum Gasteiger partial charge on any atom is -0.339 e. The van der Waals surface area contributed by atoms with Gasteiger partial charge in [-0.05, 0) is 44.2 Å². The number of halogens is 1. The van der Waals surface area contributed by atoms with Crippen molar-refractivity contribution in [1.82, 2.24) is 14.7 Å². The van der Waals surface area contributed by atoms with Crippen LogP contribution in [0.1, 0.15) is 16.7 Å². The van der Waals surface area contributed by atoms with Crippen LogP contribution in [-0.4, -0.2) is 72.8 Å². The van der Waals surface area contributed by atoms with Crippen LogP contribution in [0.15, 0.2) is 42.5 Å². The van der Waals surface area contributed by atoms with Crippen molar-refractivity contribution in [3.63, 3.8) is 0 Å². The summed E-state index contributed by atoms with van der Waals surface area (Å²) < 4.78 is 13.9. The van der Waals surface area contributed by atoms with Gasteiger partial charge < -0.3 is 10.2 Å². The van der Waals surface area contributed by atoms with Crippen LogP contribution in [-0.2, 0) is 16.1 Å². The molecule has 7 heteroatoms. The molecular formula is C24H31FN4O2. The van der Waals surface area contributed by atoms with Gasteiger partial charge >= 0.3 is 0 Å². The lowest BCUT2D eigenvalue weighted by Crippen LogP contribution is -2.51. The second-order valence-electron chi connectivity index (χ2n) is 8.35. The van der Waals surface area contributed by atoms with E-state index < -0.39 is 5.82 Å². The third-order valence-electron chi connectivity index (χ3n) is 5.43. The summed E-state index contributed by atoms with van der Waals surface area (Å²) in [5, 5.41) is 2.57. The Labute approximate surface area is 183 Å². The Kier molecular flexibility index (Phi) is 7.76. The minimum atomic E-state index is -0.462. The van der Waals surface area contributed by atoms with Gasteiger partial charge in [0.1, 0.15) is 5.82 Å². The zero-order chi connectivity index (χ0) is 22.4. The molecule has 1 aliphatic heterocycles. The SMILES string of the molecule is Cc1cccc(CN2CCN(C(=O)CN(C)CC(=O)Nc3ccc(C)cc3F)CC2)c1. The third kappa shape index (κ3) is 6.87. The maximum Gasteiger partial charge on any atom is 0.238 e. The molecule has 0 spiro atoms. The fraction of sp³-hybridized carbons (Fsp3) is 0.417. The summed E-state index contributed by atoms with van der Waals surface area (Å²) in [6, 6.07) is 13.2. The number of carbonyl (C=O) groups excluding carboxylic acids is 2. The highest BCUT2D eigenvalue weighted by Gasteiger charge is 2.22. The van der Waals surface area contributed by atoms with Gasteiger partial charge in [-0.15, -0.1) is 0 Å². The van der Waals surface area contributed by atoms with Gasteiger partial charge in [-0.3, -0.25) is 19.4 Å². The molecule has 2 aromatic rings. The number of benzene rings is 2. The molecule has 1 heterocycles. The van der Waals surface area contributed by atoms with Crippen molar-refractivity contribution in [3.05, 3.63) is 65.0 Å². The van der Waals surface area contributed by atoms with Gasteiger partial charge in [0.05, 0.1) is 18.8 Å². The van der Waals surface area contributed by atoms with E-state index in [1.54, 1.807) is 31.0 Å². The van der Waals surface area contributed by atoms with Gasteiger partial charge in [-0.1, -0.05) is 35.9 Å². The Morgan fingerprint density at radius 2 is 1.71 bits per heavy atom. The first-order valence-corrected chi connectivity index (χ1v) is 10.6. The second kappa shape index (κ2) is 10.5. The van der Waals surface area contributed by atoms with Crippen LogP contribution in [0.5, 0.6) is 0 Å². The molecule has 1 fully saturated rings. The molecule has 2 amide bonds. The van der Waals surface area contributed by atoms with E-state index in [1.165, 1.54) is 17.2 Å². The van der Waals surface area contributed by atoms with Crippen molar-refractivity contribution in [3.8, 4) is 0 Å². The lowest BCUT2D eigenvalue weighted by atomic mass is 10.1. The molecule has 2 aromatic carbocycles. The van der Waals surface area contributed by atoms with Gasteiger partial charge in [-0.25, -0.2) is 4.39 Å². The average Bonchev–Trinajstić information content (AvgIpc) is 2.70. The molecule has 1 saturated heterocycles. The second-order valence-corrected chi connectivity index (χ2v) is 8.35. The Morgan fingerprint density at radius 1 is 1.00 bits per heavy atom. The highest BCUT2D eigenvalue weighted by molar-refractivity contribution is 5.92. The normalized spacial score (nSPS) is 14.7. The zero-order valence-electron chi connectivity index (χ0n) is 18.5. The van der Waals surface area contributed by atoms with Gasteiger partial charge in [0.15, 0.2) is 0 Å². The molecule has 6 nitrogen and oxygen atoms in total. The van der Waals surface area contributed by atoms with Crippen LogP contribution >= 0.6 is 0 Å². The van der Waals surface area contributed by atoms with Crippen LogP contribution in [0.3, 0.4) is 0 Å². The van der Waals surface area contributed by atoms with Crippen molar-refractivity contribution in [1.29, 1.82) is 0 Å². The standard InChI is InChI=1S/C24H31FN4O2/c1-18-5-4-6-20(13-18)15-28-9-11-29(12-10-28)24(31)17-27(3)16-23(30)26-22-8-7-19(2)14-21(22)25/h4-8,13-14H,9-12,15-17H2,1-3H3,(H,26,30). The maximum atomic E-state index is 13.9. The van der Waals surface area contributed by atoms with E-state index >= 15 is 0 Å². The topological polar surface area (TPSA) is 55.9 Å². The lowest BCUT2D eigenvalue weighted by molar-refractivity contribution is -0.134. The van der Waals surface area contributed by atoms with E-state index in [9.17, 15) is 14.0 Å². The van der Waals surface area contributed by atoms with Crippen molar-refractivity contribution in [2.45, 2.75) is 20.4 Å². The highest BCUT2D eigenvalue weighted by atomic mass is 19.1. The van der Waals surface area contributed by atoms with E-state index in [4.69, 9.17) is 0 Å². The molecular weight excluding hydrogens is 395 g/mol. The molecule has 3 rings (SSSR count). The van der Waals surface area contributed by atoms with E-state index in [2.05, 4.69) is 41.4 Å². The van der Waals surface area contributed by atoms with E-state index in [0.29, 0.717) is 13.1 Å². The molecule has 1 N–H and O–H groups in total. The van der Waals surface area contributed by atoms with Crippen molar-refractivity contribution in [2.75, 3.05) is 51.6 Å². The van der Waals surface area contributed by atoms with E-state index in [-0.39, 0.29) is 30.6 Å². The molecule has 1 aliphatic rings. The largest absolute Gasteiger partial charge is 0.339 e. The van der Waals surface area contributed by atoms with Crippen LogP contribution in [0, 0.1) is 19.7 Å². The maximum absolute atomic E-state index is 13.9. The summed E-state index contributed by atoms with van der Waals surface area (Å²) in [6.45, 7) is 7.96. The summed E-state index contributed by atoms with van der Waals surface area (Å²) in [6.07, 6.45) is 0. The van der Waals surface area contributed by atoms with E-state index in [0.717, 1.165) is 25.2 Å². The van der Waals surface area contributed by atoms with Gasteiger partial charge in [0.25, 0.3) is 0 Å². The number of nitrogens with zero attached hydrogens (tertiary/aromatic N) is 3. The van der Waals surface area contributed by atoms with Crippen molar-refractivity contribution >= 4 is 17.5 Å². The number of nitrogens with one attached hydrogen (secondary N) is 1. The number of anilines is 1. The molecule has 0 unspecified atom stereocenters. The van der Waals surface area contributed by atoms with Gasteiger partial charge in [0, 0.05) is 32.7 Å². The summed E-state index contributed by atoms with van der Waals surface area (Å²) in [7, 11) is 1.72. The predicted molar refractivity (Wildman–Crippen MR) is 120 cm³/mol. The summed E-state index contributed by atoms with van der Waals surface area (Å²) in [5.74, 6) is -0.802. The number of piperazine rings is 1. The first-order chi connectivity index (χ1) is 14.8. The van der Waals surface area contributed by atoms with Crippen molar-refractivity contribution < 1.29 is 14.0 Å². The molecule has 0 aromatic heterocycles. The number of aryl methyl sites for hydroxylation is 2. The molecule has 31 heavy (non-hydrogen) atoms. The van der Waals surface area contributed by atoms with Crippen LogP contribution < -0.4 is 5.32 Å². The van der Waals surface area contributed by atoms with Crippen LogP contribution in [0.2, 0.25) is 0 Å². The summed E-state index contributed by atoms with van der Waals surface area (Å²) >= 11 is 0. The van der Waals surface area contributed by atoms with Crippen molar-refractivity contribution in [2.24, 2.45) is 0 Å². The number of carbonyl (C=O) groups is 2. The smallest absolute Gasteiger partial charge is 0.238 e. The predicted octanol–water partition coefficient (Wildman–Crippen LogP) is 2.66. The molecule has 0 radical (unpaired) electrons. The van der Waals surface area contributed by atoms with Crippen LogP contribution in [0.4, 0.5) is 10.1 Å². The molecule has 0 aliphatic carbocycles. The fourth-order valence-corrected chi connectivity index (χ4v) is 3.77. The molecule has 166 valence electrons. The quantitative estimate of drug-likeness (QED) is 0.740. The monoisotopic (exact) mass is 426 g/mol. The third-order valence-corrected chi connectivity index (χ3v) is 5.43. The molecule has 0 bridgehead atoms. The molecule has 0 saturated carbocycles. The average molecular weight is 427 g/mol. The molecule has 0 atom stereocenters. The van der Waals surface area contributed by atoms with Gasteiger partial charge in [-0.2, -0.15) is 0 Å². The van der Waals surface area contributed by atoms with Crippen LogP contribution in [0.25, 0.3) is 0 Å². The van der Waals surface area contributed by atoms with E-state index in [1.807, 2.05) is 4.90 Å². The number of rotatable bonds is 7. The Bertz CT molecular complexity index is 926. The fourth-order valence-electron chi connectivity index (χ4n) is 3.77. The number of amides is 2. The Hall–Kier alpha value is -2.77. The highest BCUT2D eigenvalue weighted by Crippen LogP contribution is 2.15. The zero-order valence-corrected chi connectivity index (χ0v) is 18.5. The Balaban J connectivity index is 1.41. The summed E-state index contributed by atoms with van der Waals surface area (Å²) in [4.78, 5) is 30.7. The Morgan fingerprint density at radius 3 is 2.39 bits per heavy atom. The number of hydrogen-bond acceptors (Lipinski definition) is 4.